The molecule has 1 aromatic carbocycles. The van der Waals surface area contributed by atoms with Crippen LogP contribution in [0.5, 0.6) is 0 Å². The highest BCUT2D eigenvalue weighted by Crippen LogP contribution is 2.24. The molecule has 0 atom stereocenters. The summed E-state index contributed by atoms with van der Waals surface area (Å²) >= 11 is 1.68. The van der Waals surface area contributed by atoms with E-state index >= 15 is 0 Å². The molecular formula is C13H14N4O4S2. The van der Waals surface area contributed by atoms with E-state index in [-0.39, 0.29) is 17.1 Å². The first-order valence-corrected chi connectivity index (χ1v) is 9.35. The fourth-order valence-corrected chi connectivity index (χ4v) is 4.28. The van der Waals surface area contributed by atoms with Crippen LogP contribution in [-0.2, 0) is 23.0 Å². The molecule has 1 aromatic heterocycles. The van der Waals surface area contributed by atoms with E-state index in [9.17, 15) is 18.5 Å². The number of benzene rings is 1. The van der Waals surface area contributed by atoms with Gasteiger partial charge in [0.05, 0.1) is 15.5 Å². The average Bonchev–Trinajstić information content (AvgIpc) is 3.08. The van der Waals surface area contributed by atoms with Crippen molar-refractivity contribution in [3.63, 3.8) is 0 Å². The number of aromatic nitrogens is 2. The maximum Gasteiger partial charge on any atom is 0.270 e. The summed E-state index contributed by atoms with van der Waals surface area (Å²) in [5.74, 6) is 1.02. The molecule has 0 amide bonds. The summed E-state index contributed by atoms with van der Waals surface area (Å²) in [6.07, 6.45) is 2.39. The second-order valence-electron chi connectivity index (χ2n) is 4.96. The third kappa shape index (κ3) is 3.54. The van der Waals surface area contributed by atoms with E-state index in [0.29, 0.717) is 6.42 Å². The molecule has 0 fully saturated rings. The molecule has 3 rings (SSSR count). The Labute approximate surface area is 137 Å². The fraction of sp³-hybridized carbons (Fsp3) is 0.308. The predicted octanol–water partition coefficient (Wildman–Crippen LogP) is 1.42. The lowest BCUT2D eigenvalue weighted by atomic mass is 10.3. The zero-order chi connectivity index (χ0) is 16.4. The number of thioether (sulfide) groups is 1. The van der Waals surface area contributed by atoms with Gasteiger partial charge in [-0.2, -0.15) is 0 Å². The number of fused-ring (bicyclic) bond motifs is 1. The zero-order valence-corrected chi connectivity index (χ0v) is 13.6. The lowest BCUT2D eigenvalue weighted by Gasteiger charge is -2.05. The second kappa shape index (κ2) is 6.30. The van der Waals surface area contributed by atoms with Crippen molar-refractivity contribution in [3.05, 3.63) is 46.3 Å². The third-order valence-corrected chi connectivity index (χ3v) is 5.79. The van der Waals surface area contributed by atoms with Crippen LogP contribution in [0.4, 0.5) is 5.69 Å². The SMILES string of the molecule is O=[N+]([O-])c1cccc(S(=O)(=O)NCCc2cn3c(n2)SCC3)c1. The van der Waals surface area contributed by atoms with Crippen LogP contribution < -0.4 is 4.72 Å². The van der Waals surface area contributed by atoms with E-state index in [1.807, 2.05) is 6.20 Å². The van der Waals surface area contributed by atoms with Crippen LogP contribution >= 0.6 is 11.8 Å². The smallest absolute Gasteiger partial charge is 0.270 e. The number of hydrogen-bond donors (Lipinski definition) is 1. The van der Waals surface area contributed by atoms with Crippen LogP contribution in [0.2, 0.25) is 0 Å². The molecule has 0 saturated carbocycles. The number of sulfonamides is 1. The molecule has 122 valence electrons. The van der Waals surface area contributed by atoms with Gasteiger partial charge in [-0.3, -0.25) is 10.1 Å². The summed E-state index contributed by atoms with van der Waals surface area (Å²) in [5.41, 5.74) is 0.573. The Morgan fingerprint density at radius 3 is 3.00 bits per heavy atom. The molecule has 0 aliphatic carbocycles. The normalized spacial score (nSPS) is 13.9. The van der Waals surface area contributed by atoms with Crippen molar-refractivity contribution in [3.8, 4) is 0 Å². The fourth-order valence-electron chi connectivity index (χ4n) is 2.24. The van der Waals surface area contributed by atoms with Crippen LogP contribution in [0.1, 0.15) is 5.69 Å². The van der Waals surface area contributed by atoms with Gasteiger partial charge < -0.3 is 4.57 Å². The minimum Gasteiger partial charge on any atom is -0.325 e. The maximum absolute atomic E-state index is 12.2. The van der Waals surface area contributed by atoms with Gasteiger partial charge in [0.2, 0.25) is 10.0 Å². The Hall–Kier alpha value is -1.91. The maximum atomic E-state index is 12.2. The van der Waals surface area contributed by atoms with Crippen LogP contribution in [0.3, 0.4) is 0 Å². The van der Waals surface area contributed by atoms with Crippen molar-refractivity contribution in [1.82, 2.24) is 14.3 Å². The standard InChI is InChI=1S/C13H14N4O4S2/c18-17(19)11-2-1-3-12(8-11)23(20,21)14-5-4-10-9-16-6-7-22-13(16)15-10/h1-3,8-9,14H,4-7H2. The Kier molecular flexibility index (Phi) is 4.37. The number of nitro benzene ring substituents is 1. The van der Waals surface area contributed by atoms with Crippen LogP contribution in [-0.4, -0.2) is 35.2 Å². The minimum absolute atomic E-state index is 0.116. The molecule has 0 saturated heterocycles. The highest BCUT2D eigenvalue weighted by molar-refractivity contribution is 7.99. The molecule has 1 aliphatic rings. The van der Waals surface area contributed by atoms with Crippen molar-refractivity contribution in [2.75, 3.05) is 12.3 Å². The van der Waals surface area contributed by atoms with Gasteiger partial charge >= 0.3 is 0 Å². The molecule has 10 heteroatoms. The van der Waals surface area contributed by atoms with E-state index < -0.39 is 14.9 Å². The molecule has 1 aliphatic heterocycles. The van der Waals surface area contributed by atoms with Crippen LogP contribution in [0, 0.1) is 10.1 Å². The van der Waals surface area contributed by atoms with E-state index in [0.717, 1.165) is 29.2 Å². The Bertz CT molecular complexity index is 826. The molecule has 2 heterocycles. The van der Waals surface area contributed by atoms with Gasteiger partial charge in [0.1, 0.15) is 0 Å². The summed E-state index contributed by atoms with van der Waals surface area (Å²) in [5, 5.41) is 11.7. The summed E-state index contributed by atoms with van der Waals surface area (Å²) in [6.45, 7) is 1.11. The topological polar surface area (TPSA) is 107 Å². The third-order valence-electron chi connectivity index (χ3n) is 3.37. The van der Waals surface area contributed by atoms with Gasteiger partial charge in [-0.25, -0.2) is 18.1 Å². The van der Waals surface area contributed by atoms with Crippen molar-refractivity contribution >= 4 is 27.5 Å². The zero-order valence-electron chi connectivity index (χ0n) is 12.0. The van der Waals surface area contributed by atoms with Gasteiger partial charge in [-0.1, -0.05) is 17.8 Å². The highest BCUT2D eigenvalue weighted by Gasteiger charge is 2.18. The van der Waals surface area contributed by atoms with Gasteiger partial charge in [0.15, 0.2) is 5.16 Å². The minimum atomic E-state index is -3.78. The van der Waals surface area contributed by atoms with Gasteiger partial charge in [0.25, 0.3) is 5.69 Å². The van der Waals surface area contributed by atoms with E-state index in [1.165, 1.54) is 18.2 Å². The summed E-state index contributed by atoms with van der Waals surface area (Å²) in [6, 6.07) is 4.98. The van der Waals surface area contributed by atoms with Gasteiger partial charge in [-0.15, -0.1) is 0 Å². The summed E-state index contributed by atoms with van der Waals surface area (Å²) < 4.78 is 28.8. The first-order chi connectivity index (χ1) is 11.0. The molecular weight excluding hydrogens is 340 g/mol. The van der Waals surface area contributed by atoms with E-state index in [4.69, 9.17) is 0 Å². The monoisotopic (exact) mass is 354 g/mol. The number of hydrogen-bond acceptors (Lipinski definition) is 6. The molecule has 8 nitrogen and oxygen atoms in total. The Balaban J connectivity index is 1.64. The number of nitro groups is 1. The van der Waals surface area contributed by atoms with Gasteiger partial charge in [-0.05, 0) is 6.07 Å². The van der Waals surface area contributed by atoms with E-state index in [1.54, 1.807) is 11.8 Å². The molecule has 0 unspecified atom stereocenters. The molecule has 23 heavy (non-hydrogen) atoms. The number of rotatable bonds is 6. The molecule has 1 N–H and O–H groups in total. The second-order valence-corrected chi connectivity index (χ2v) is 7.79. The number of aryl methyl sites for hydroxylation is 1. The Morgan fingerprint density at radius 2 is 2.26 bits per heavy atom. The van der Waals surface area contributed by atoms with Gasteiger partial charge in [0, 0.05) is 43.6 Å². The summed E-state index contributed by atoms with van der Waals surface area (Å²) in [4.78, 5) is 14.4. The Morgan fingerprint density at radius 1 is 1.43 bits per heavy atom. The largest absolute Gasteiger partial charge is 0.325 e. The quantitative estimate of drug-likeness (QED) is 0.621. The molecule has 0 radical (unpaired) electrons. The summed E-state index contributed by atoms with van der Waals surface area (Å²) in [7, 11) is -3.78. The molecule has 0 spiro atoms. The molecule has 2 aromatic rings. The number of imidazole rings is 1. The lowest BCUT2D eigenvalue weighted by Crippen LogP contribution is -2.26. The highest BCUT2D eigenvalue weighted by atomic mass is 32.2. The number of non-ortho nitro benzene ring substituents is 1. The first-order valence-electron chi connectivity index (χ1n) is 6.89. The molecule has 0 bridgehead atoms. The number of nitrogens with zero attached hydrogens (tertiary/aromatic N) is 3. The van der Waals surface area contributed by atoms with Crippen molar-refractivity contribution < 1.29 is 13.3 Å². The van der Waals surface area contributed by atoms with Crippen molar-refractivity contribution in [2.45, 2.75) is 23.0 Å². The van der Waals surface area contributed by atoms with Crippen LogP contribution in [0.25, 0.3) is 0 Å². The van der Waals surface area contributed by atoms with Crippen molar-refractivity contribution in [2.24, 2.45) is 0 Å². The van der Waals surface area contributed by atoms with Crippen molar-refractivity contribution in [1.29, 1.82) is 0 Å². The predicted molar refractivity (Wildman–Crippen MR) is 84.9 cm³/mol. The lowest BCUT2D eigenvalue weighted by molar-refractivity contribution is -0.385. The van der Waals surface area contributed by atoms with Crippen LogP contribution in [0.15, 0.2) is 40.5 Å². The average molecular weight is 354 g/mol. The van der Waals surface area contributed by atoms with E-state index in [2.05, 4.69) is 14.3 Å². The number of nitrogens with one attached hydrogen (secondary N) is 1. The first kappa shape index (κ1) is 16.0.